The highest BCUT2D eigenvalue weighted by molar-refractivity contribution is 5.55. The molecule has 2 N–H and O–H groups in total. The number of nitrogens with two attached hydrogens (primary N) is 1. The summed E-state index contributed by atoms with van der Waals surface area (Å²) in [6.45, 7) is 1.98. The van der Waals surface area contributed by atoms with Crippen molar-refractivity contribution in [2.45, 2.75) is 12.8 Å². The van der Waals surface area contributed by atoms with Crippen LogP contribution in [0.5, 0.6) is 5.75 Å². The predicted molar refractivity (Wildman–Crippen MR) is 59.2 cm³/mol. The Morgan fingerprint density at radius 2 is 2.25 bits per heavy atom. The first-order valence-electron chi connectivity index (χ1n) is 4.92. The fourth-order valence-corrected chi connectivity index (χ4v) is 1.54. The lowest BCUT2D eigenvalue weighted by Gasteiger charge is -2.10. The second-order valence-corrected chi connectivity index (χ2v) is 3.50. The van der Waals surface area contributed by atoms with Gasteiger partial charge in [-0.3, -0.25) is 0 Å². The van der Waals surface area contributed by atoms with Gasteiger partial charge in [0.15, 0.2) is 0 Å². The molecule has 1 atom stereocenters. The van der Waals surface area contributed by atoms with Gasteiger partial charge in [0.1, 0.15) is 5.75 Å². The Labute approximate surface area is 93.2 Å². The van der Waals surface area contributed by atoms with Gasteiger partial charge in [-0.1, -0.05) is 6.07 Å². The Morgan fingerprint density at radius 3 is 2.81 bits per heavy atom. The van der Waals surface area contributed by atoms with Crippen LogP contribution in [-0.2, 0) is 0 Å². The summed E-state index contributed by atoms with van der Waals surface area (Å²) < 4.78 is 10.2. The molecule has 1 unspecified atom stereocenters. The minimum Gasteiger partial charge on any atom is -0.495 e. The third-order valence-corrected chi connectivity index (χ3v) is 2.50. The van der Waals surface area contributed by atoms with Crippen molar-refractivity contribution in [2.75, 3.05) is 12.8 Å². The normalized spacial score (nSPS) is 12.4. The lowest BCUT2D eigenvalue weighted by atomic mass is 10.0. The summed E-state index contributed by atoms with van der Waals surface area (Å²) in [6, 6.07) is 5.62. The van der Waals surface area contributed by atoms with Crippen molar-refractivity contribution in [2.24, 2.45) is 0 Å². The minimum atomic E-state index is 0.0238. The number of ether oxygens (including phenoxy) is 1. The SMILES string of the molecule is COc1ccc(C(C)c2nnco2)cc1N. The summed E-state index contributed by atoms with van der Waals surface area (Å²) in [7, 11) is 1.59. The zero-order valence-corrected chi connectivity index (χ0v) is 9.18. The first-order valence-corrected chi connectivity index (χ1v) is 4.92. The second-order valence-electron chi connectivity index (χ2n) is 3.50. The molecule has 0 saturated carbocycles. The van der Waals surface area contributed by atoms with Crippen LogP contribution in [0.3, 0.4) is 0 Å². The van der Waals surface area contributed by atoms with Crippen molar-refractivity contribution < 1.29 is 9.15 Å². The van der Waals surface area contributed by atoms with Crippen LogP contribution in [-0.4, -0.2) is 17.3 Å². The fourth-order valence-electron chi connectivity index (χ4n) is 1.54. The highest BCUT2D eigenvalue weighted by Gasteiger charge is 2.14. The molecular weight excluding hydrogens is 206 g/mol. The molecule has 1 aromatic heterocycles. The summed E-state index contributed by atoms with van der Waals surface area (Å²) in [5, 5.41) is 7.53. The van der Waals surface area contributed by atoms with Crippen LogP contribution in [0.15, 0.2) is 29.0 Å². The molecule has 84 valence electrons. The molecule has 5 heteroatoms. The van der Waals surface area contributed by atoms with Gasteiger partial charge in [-0.2, -0.15) is 0 Å². The average Bonchev–Trinajstić information content (AvgIpc) is 2.81. The molecule has 0 fully saturated rings. The minimum absolute atomic E-state index is 0.0238. The Morgan fingerprint density at radius 1 is 1.44 bits per heavy atom. The number of methoxy groups -OCH3 is 1. The van der Waals surface area contributed by atoms with Crippen LogP contribution in [0.4, 0.5) is 5.69 Å². The van der Waals surface area contributed by atoms with E-state index in [4.69, 9.17) is 14.9 Å². The highest BCUT2D eigenvalue weighted by Crippen LogP contribution is 2.28. The van der Waals surface area contributed by atoms with Gasteiger partial charge >= 0.3 is 0 Å². The standard InChI is InChI=1S/C11H13N3O2/c1-7(11-14-13-6-16-11)8-3-4-10(15-2)9(12)5-8/h3-7H,12H2,1-2H3. The van der Waals surface area contributed by atoms with Crippen LogP contribution in [0, 0.1) is 0 Å². The maximum absolute atomic E-state index is 5.83. The summed E-state index contributed by atoms with van der Waals surface area (Å²) in [4.78, 5) is 0. The van der Waals surface area contributed by atoms with Crippen LogP contribution >= 0.6 is 0 Å². The number of hydrogen-bond donors (Lipinski definition) is 1. The molecule has 16 heavy (non-hydrogen) atoms. The van der Waals surface area contributed by atoms with Gasteiger partial charge in [-0.15, -0.1) is 10.2 Å². The highest BCUT2D eigenvalue weighted by atomic mass is 16.5. The van der Waals surface area contributed by atoms with Crippen molar-refractivity contribution in [3.63, 3.8) is 0 Å². The number of nitrogen functional groups attached to an aromatic ring is 1. The molecule has 0 bridgehead atoms. The number of hydrogen-bond acceptors (Lipinski definition) is 5. The van der Waals surface area contributed by atoms with E-state index in [-0.39, 0.29) is 5.92 Å². The van der Waals surface area contributed by atoms with Crippen molar-refractivity contribution >= 4 is 5.69 Å². The van der Waals surface area contributed by atoms with Gasteiger partial charge in [-0.25, -0.2) is 0 Å². The Kier molecular flexibility index (Phi) is 2.76. The zero-order valence-electron chi connectivity index (χ0n) is 9.18. The predicted octanol–water partition coefficient (Wildman–Crippen LogP) is 1.81. The molecule has 5 nitrogen and oxygen atoms in total. The average molecular weight is 219 g/mol. The summed E-state index contributed by atoms with van der Waals surface area (Å²) >= 11 is 0. The van der Waals surface area contributed by atoms with Gasteiger partial charge in [0.25, 0.3) is 0 Å². The zero-order chi connectivity index (χ0) is 11.5. The van der Waals surface area contributed by atoms with Crippen molar-refractivity contribution in [3.05, 3.63) is 36.0 Å². The van der Waals surface area contributed by atoms with E-state index in [0.29, 0.717) is 17.3 Å². The molecule has 0 spiro atoms. The smallest absolute Gasteiger partial charge is 0.223 e. The molecule has 2 aromatic rings. The van der Waals surface area contributed by atoms with Crippen LogP contribution in [0.2, 0.25) is 0 Å². The molecule has 2 rings (SSSR count). The maximum Gasteiger partial charge on any atom is 0.223 e. The molecule has 0 saturated heterocycles. The van der Waals surface area contributed by atoms with E-state index in [0.717, 1.165) is 5.56 Å². The first kappa shape index (κ1) is 10.5. The van der Waals surface area contributed by atoms with E-state index in [1.807, 2.05) is 25.1 Å². The van der Waals surface area contributed by atoms with Gasteiger partial charge in [0.2, 0.25) is 12.3 Å². The lowest BCUT2D eigenvalue weighted by molar-refractivity contribution is 0.416. The number of anilines is 1. The monoisotopic (exact) mass is 219 g/mol. The molecule has 0 aliphatic carbocycles. The maximum atomic E-state index is 5.83. The number of benzene rings is 1. The van der Waals surface area contributed by atoms with E-state index >= 15 is 0 Å². The van der Waals surface area contributed by atoms with Crippen LogP contribution in [0.25, 0.3) is 0 Å². The van der Waals surface area contributed by atoms with Gasteiger partial charge in [-0.05, 0) is 24.6 Å². The van der Waals surface area contributed by atoms with Gasteiger partial charge < -0.3 is 14.9 Å². The molecule has 0 aliphatic heterocycles. The Bertz CT molecular complexity index is 468. The quantitative estimate of drug-likeness (QED) is 0.797. The van der Waals surface area contributed by atoms with Crippen LogP contribution in [0.1, 0.15) is 24.3 Å². The molecule has 0 amide bonds. The van der Waals surface area contributed by atoms with Crippen molar-refractivity contribution in [1.82, 2.24) is 10.2 Å². The topological polar surface area (TPSA) is 74.2 Å². The summed E-state index contributed by atoms with van der Waals surface area (Å²) in [5.74, 6) is 1.27. The van der Waals surface area contributed by atoms with Crippen LogP contribution < -0.4 is 10.5 Å². The van der Waals surface area contributed by atoms with Crippen molar-refractivity contribution in [3.8, 4) is 5.75 Å². The Balaban J connectivity index is 2.31. The summed E-state index contributed by atoms with van der Waals surface area (Å²) in [5.41, 5.74) is 7.45. The van der Waals surface area contributed by atoms with E-state index in [9.17, 15) is 0 Å². The molecule has 1 heterocycles. The largest absolute Gasteiger partial charge is 0.495 e. The van der Waals surface area contributed by atoms with Crippen molar-refractivity contribution in [1.29, 1.82) is 0 Å². The van der Waals surface area contributed by atoms with E-state index in [1.54, 1.807) is 7.11 Å². The lowest BCUT2D eigenvalue weighted by Crippen LogP contribution is -1.99. The third-order valence-electron chi connectivity index (χ3n) is 2.50. The van der Waals surface area contributed by atoms with Gasteiger partial charge in [0, 0.05) is 0 Å². The fraction of sp³-hybridized carbons (Fsp3) is 0.273. The number of aromatic nitrogens is 2. The Hall–Kier alpha value is -2.04. The van der Waals surface area contributed by atoms with Gasteiger partial charge in [0.05, 0.1) is 18.7 Å². The number of rotatable bonds is 3. The molecule has 0 radical (unpaired) electrons. The first-order chi connectivity index (χ1) is 7.72. The number of nitrogens with zero attached hydrogens (tertiary/aromatic N) is 2. The summed E-state index contributed by atoms with van der Waals surface area (Å²) in [6.07, 6.45) is 1.32. The molecular formula is C11H13N3O2. The van der Waals surface area contributed by atoms with E-state index < -0.39 is 0 Å². The van der Waals surface area contributed by atoms with E-state index in [1.165, 1.54) is 6.39 Å². The second kappa shape index (κ2) is 4.22. The molecule has 0 aliphatic rings. The van der Waals surface area contributed by atoms with E-state index in [2.05, 4.69) is 10.2 Å². The molecule has 1 aromatic carbocycles. The third kappa shape index (κ3) is 1.84.